The molecule has 5 nitrogen and oxygen atoms in total. The van der Waals surface area contributed by atoms with Crippen LogP contribution in [0.15, 0.2) is 52.3 Å². The van der Waals surface area contributed by atoms with Crippen LogP contribution in [0.25, 0.3) is 0 Å². The quantitative estimate of drug-likeness (QED) is 0.831. The van der Waals surface area contributed by atoms with E-state index in [1.165, 1.54) is 0 Å². The van der Waals surface area contributed by atoms with Crippen LogP contribution >= 0.6 is 11.6 Å². The molecular formula is C14H11ClF3NO4S2. The number of benzene rings is 2. The average Bonchev–Trinajstić information content (AvgIpc) is 2.47. The predicted octanol–water partition coefficient (Wildman–Crippen LogP) is 3.56. The number of sulfonamides is 1. The summed E-state index contributed by atoms with van der Waals surface area (Å²) in [4.78, 5) is -0.388. The first-order chi connectivity index (χ1) is 11.3. The van der Waals surface area contributed by atoms with Gasteiger partial charge in [0.25, 0.3) is 10.0 Å². The molecule has 25 heavy (non-hydrogen) atoms. The molecule has 0 bridgehead atoms. The van der Waals surface area contributed by atoms with Gasteiger partial charge in [0.15, 0.2) is 9.84 Å². The first-order valence-electron chi connectivity index (χ1n) is 6.50. The number of rotatable bonds is 4. The Morgan fingerprint density at radius 1 is 0.920 bits per heavy atom. The molecule has 0 aliphatic rings. The molecule has 0 fully saturated rings. The van der Waals surface area contributed by atoms with Crippen molar-refractivity contribution in [3.05, 3.63) is 53.1 Å². The van der Waals surface area contributed by atoms with Crippen molar-refractivity contribution >= 4 is 37.1 Å². The summed E-state index contributed by atoms with van der Waals surface area (Å²) in [5.41, 5.74) is -1.51. The second-order valence-electron chi connectivity index (χ2n) is 5.04. The summed E-state index contributed by atoms with van der Waals surface area (Å²) in [6, 6.07) is 6.85. The van der Waals surface area contributed by atoms with Crippen molar-refractivity contribution in [2.24, 2.45) is 0 Å². The Labute approximate surface area is 147 Å². The maximum atomic E-state index is 12.8. The molecule has 0 aromatic heterocycles. The summed E-state index contributed by atoms with van der Waals surface area (Å²) in [7, 11) is -7.71. The summed E-state index contributed by atoms with van der Waals surface area (Å²) in [6.07, 6.45) is -3.78. The fraction of sp³-hybridized carbons (Fsp3) is 0.143. The molecule has 0 saturated carbocycles. The van der Waals surface area contributed by atoms with Gasteiger partial charge in [-0.1, -0.05) is 11.6 Å². The predicted molar refractivity (Wildman–Crippen MR) is 86.8 cm³/mol. The highest BCUT2D eigenvalue weighted by atomic mass is 35.5. The molecule has 2 rings (SSSR count). The molecule has 0 aliphatic carbocycles. The zero-order chi connectivity index (χ0) is 19.0. The fourth-order valence-corrected chi connectivity index (χ4v) is 3.79. The summed E-state index contributed by atoms with van der Waals surface area (Å²) in [6.45, 7) is 0. The molecule has 2 aromatic carbocycles. The average molecular weight is 414 g/mol. The number of hydrogen-bond acceptors (Lipinski definition) is 4. The molecule has 11 heteroatoms. The molecule has 0 saturated heterocycles. The summed E-state index contributed by atoms with van der Waals surface area (Å²) in [5, 5.41) is -0.562. The van der Waals surface area contributed by atoms with Crippen LogP contribution in [-0.2, 0) is 26.0 Å². The molecular weight excluding hydrogens is 403 g/mol. The Morgan fingerprint density at radius 2 is 1.44 bits per heavy atom. The van der Waals surface area contributed by atoms with E-state index in [0.717, 1.165) is 42.7 Å². The third-order valence-corrected chi connectivity index (χ3v) is 5.94. The number of anilines is 1. The van der Waals surface area contributed by atoms with E-state index in [0.29, 0.717) is 6.07 Å². The first kappa shape index (κ1) is 19.5. The summed E-state index contributed by atoms with van der Waals surface area (Å²) < 4.78 is 87.7. The van der Waals surface area contributed by atoms with Crippen molar-refractivity contribution < 1.29 is 30.0 Å². The Bertz CT molecular complexity index is 1000. The Hall–Kier alpha value is -1.78. The lowest BCUT2D eigenvalue weighted by molar-refractivity contribution is -0.137. The van der Waals surface area contributed by atoms with E-state index < -0.39 is 36.6 Å². The summed E-state index contributed by atoms with van der Waals surface area (Å²) in [5.74, 6) is 0. The monoisotopic (exact) mass is 413 g/mol. The first-order valence-corrected chi connectivity index (χ1v) is 10.3. The summed E-state index contributed by atoms with van der Waals surface area (Å²) >= 11 is 5.48. The molecule has 0 atom stereocenters. The van der Waals surface area contributed by atoms with E-state index in [-0.39, 0.29) is 15.5 Å². The van der Waals surface area contributed by atoms with Gasteiger partial charge in [-0.05, 0) is 42.5 Å². The van der Waals surface area contributed by atoms with Crippen LogP contribution in [0.4, 0.5) is 18.9 Å². The second-order valence-corrected chi connectivity index (χ2v) is 9.15. The molecule has 136 valence electrons. The molecule has 0 unspecified atom stereocenters. The van der Waals surface area contributed by atoms with E-state index in [4.69, 9.17) is 11.6 Å². The van der Waals surface area contributed by atoms with Gasteiger partial charge in [0.1, 0.15) is 0 Å². The van der Waals surface area contributed by atoms with Gasteiger partial charge in [0, 0.05) is 11.9 Å². The van der Waals surface area contributed by atoms with Crippen LogP contribution < -0.4 is 4.72 Å². The maximum absolute atomic E-state index is 12.8. The molecule has 0 heterocycles. The van der Waals surface area contributed by atoms with Gasteiger partial charge in [0.05, 0.1) is 20.4 Å². The Morgan fingerprint density at radius 3 is 1.92 bits per heavy atom. The normalized spacial score (nSPS) is 12.8. The minimum atomic E-state index is -4.74. The lowest BCUT2D eigenvalue weighted by atomic mass is 10.2. The SMILES string of the molecule is CS(=O)(=O)c1ccc(S(=O)(=O)Nc2ccc(Cl)c(C(F)(F)F)c2)cc1. The van der Waals surface area contributed by atoms with Crippen LogP contribution in [0, 0.1) is 0 Å². The van der Waals surface area contributed by atoms with Crippen LogP contribution in [-0.4, -0.2) is 23.1 Å². The second kappa shape index (κ2) is 6.50. The van der Waals surface area contributed by atoms with Crippen molar-refractivity contribution in [2.75, 3.05) is 11.0 Å². The van der Waals surface area contributed by atoms with Crippen molar-refractivity contribution in [1.29, 1.82) is 0 Å². The highest BCUT2D eigenvalue weighted by Crippen LogP contribution is 2.36. The van der Waals surface area contributed by atoms with Crippen LogP contribution in [0.2, 0.25) is 5.02 Å². The molecule has 0 spiro atoms. The lowest BCUT2D eigenvalue weighted by Crippen LogP contribution is -2.14. The van der Waals surface area contributed by atoms with E-state index in [9.17, 15) is 30.0 Å². The van der Waals surface area contributed by atoms with Gasteiger partial charge < -0.3 is 0 Å². The Kier molecular flexibility index (Phi) is 5.08. The fourth-order valence-electron chi connectivity index (χ4n) is 1.89. The zero-order valence-corrected chi connectivity index (χ0v) is 14.9. The van der Waals surface area contributed by atoms with Crippen molar-refractivity contribution in [1.82, 2.24) is 0 Å². The number of nitrogens with one attached hydrogen (secondary N) is 1. The van der Waals surface area contributed by atoms with Crippen molar-refractivity contribution in [2.45, 2.75) is 16.0 Å². The van der Waals surface area contributed by atoms with E-state index in [2.05, 4.69) is 0 Å². The third kappa shape index (κ3) is 4.65. The van der Waals surface area contributed by atoms with E-state index in [1.807, 2.05) is 4.72 Å². The molecule has 0 aliphatic heterocycles. The van der Waals surface area contributed by atoms with Crippen LogP contribution in [0.3, 0.4) is 0 Å². The number of alkyl halides is 3. The zero-order valence-electron chi connectivity index (χ0n) is 12.5. The van der Waals surface area contributed by atoms with Crippen molar-refractivity contribution in [3.63, 3.8) is 0 Å². The van der Waals surface area contributed by atoms with Gasteiger partial charge >= 0.3 is 6.18 Å². The minimum Gasteiger partial charge on any atom is -0.280 e. The van der Waals surface area contributed by atoms with Crippen molar-refractivity contribution in [3.8, 4) is 0 Å². The Balaban J connectivity index is 2.36. The molecule has 0 radical (unpaired) electrons. The largest absolute Gasteiger partial charge is 0.417 e. The van der Waals surface area contributed by atoms with E-state index in [1.54, 1.807) is 0 Å². The topological polar surface area (TPSA) is 80.3 Å². The number of sulfone groups is 1. The third-order valence-electron chi connectivity index (χ3n) is 3.09. The van der Waals surface area contributed by atoms with E-state index >= 15 is 0 Å². The van der Waals surface area contributed by atoms with Crippen LogP contribution in [0.5, 0.6) is 0 Å². The molecule has 1 N–H and O–H groups in total. The number of halogens is 4. The maximum Gasteiger partial charge on any atom is 0.417 e. The van der Waals surface area contributed by atoms with Gasteiger partial charge in [-0.15, -0.1) is 0 Å². The standard InChI is InChI=1S/C14H11ClF3NO4S2/c1-24(20,21)10-3-5-11(6-4-10)25(22,23)19-9-2-7-13(15)12(8-9)14(16,17)18/h2-8,19H,1H3. The smallest absolute Gasteiger partial charge is 0.280 e. The molecule has 0 amide bonds. The minimum absolute atomic E-state index is 0.0858. The van der Waals surface area contributed by atoms with Gasteiger partial charge in [-0.3, -0.25) is 4.72 Å². The highest BCUT2D eigenvalue weighted by Gasteiger charge is 2.33. The van der Waals surface area contributed by atoms with Gasteiger partial charge in [-0.2, -0.15) is 13.2 Å². The lowest BCUT2D eigenvalue weighted by Gasteiger charge is -2.13. The highest BCUT2D eigenvalue weighted by molar-refractivity contribution is 7.92. The van der Waals surface area contributed by atoms with Crippen LogP contribution in [0.1, 0.15) is 5.56 Å². The van der Waals surface area contributed by atoms with Gasteiger partial charge in [-0.25, -0.2) is 16.8 Å². The molecule has 2 aromatic rings. The van der Waals surface area contributed by atoms with Gasteiger partial charge in [0.2, 0.25) is 0 Å². The number of hydrogen-bond donors (Lipinski definition) is 1.